The Hall–Kier alpha value is -2.83. The Labute approximate surface area is 193 Å². The van der Waals surface area contributed by atoms with Gasteiger partial charge in [0, 0.05) is 15.8 Å². The van der Waals surface area contributed by atoms with Crippen LogP contribution in [-0.2, 0) is 0 Å². The fraction of sp³-hybridized carbons (Fsp3) is 0.120. The quantitative estimate of drug-likeness (QED) is 0.108. The number of ether oxygens (including phenoxy) is 1. The summed E-state index contributed by atoms with van der Waals surface area (Å²) in [6, 6.07) is 22.8. The van der Waals surface area contributed by atoms with Crippen LogP contribution in [0.4, 0.5) is 0 Å². The number of carbonyl (C=O) groups excluding carboxylic acids is 1. The molecule has 0 N–H and O–H groups in total. The summed E-state index contributed by atoms with van der Waals surface area (Å²) in [5.41, 5.74) is 3.30. The van der Waals surface area contributed by atoms with Crippen LogP contribution < -0.4 is 4.74 Å². The summed E-state index contributed by atoms with van der Waals surface area (Å²) in [5.74, 6) is 1.56. The SMILES string of the molecule is O=C(C=Cc1ccc(Br)cc1)c1ccc(OCCCSc2nc3ccccc3o2)cc1. The summed E-state index contributed by atoms with van der Waals surface area (Å²) < 4.78 is 12.5. The topological polar surface area (TPSA) is 52.3 Å². The first-order chi connectivity index (χ1) is 15.2. The van der Waals surface area contributed by atoms with Crippen molar-refractivity contribution in [3.8, 4) is 5.75 Å². The number of halogens is 1. The van der Waals surface area contributed by atoms with E-state index in [9.17, 15) is 4.79 Å². The number of ketones is 1. The third-order valence-corrected chi connectivity index (χ3v) is 5.94. The van der Waals surface area contributed by atoms with Crippen LogP contribution in [0.15, 0.2) is 93.0 Å². The van der Waals surface area contributed by atoms with E-state index in [4.69, 9.17) is 9.15 Å². The molecule has 0 fully saturated rings. The van der Waals surface area contributed by atoms with Gasteiger partial charge in [-0.3, -0.25) is 4.79 Å². The van der Waals surface area contributed by atoms with Crippen LogP contribution in [-0.4, -0.2) is 23.1 Å². The van der Waals surface area contributed by atoms with Gasteiger partial charge in [-0.05, 0) is 66.6 Å². The van der Waals surface area contributed by atoms with Gasteiger partial charge in [-0.15, -0.1) is 0 Å². The molecule has 0 bridgehead atoms. The maximum atomic E-state index is 12.3. The molecule has 0 unspecified atom stereocenters. The van der Waals surface area contributed by atoms with E-state index < -0.39 is 0 Å². The molecule has 156 valence electrons. The first-order valence-corrected chi connectivity index (χ1v) is 11.6. The lowest BCUT2D eigenvalue weighted by molar-refractivity contribution is 0.104. The second-order valence-electron chi connectivity index (χ2n) is 6.77. The van der Waals surface area contributed by atoms with Gasteiger partial charge in [0.05, 0.1) is 6.61 Å². The lowest BCUT2D eigenvalue weighted by Gasteiger charge is -2.06. The molecule has 1 heterocycles. The fourth-order valence-corrected chi connectivity index (χ4v) is 3.89. The van der Waals surface area contributed by atoms with Gasteiger partial charge in [-0.25, -0.2) is 4.98 Å². The third-order valence-electron chi connectivity index (χ3n) is 4.49. The summed E-state index contributed by atoms with van der Waals surface area (Å²) in [6.07, 6.45) is 4.26. The number of fused-ring (bicyclic) bond motifs is 1. The van der Waals surface area contributed by atoms with Crippen LogP contribution >= 0.6 is 27.7 Å². The van der Waals surface area contributed by atoms with Gasteiger partial charge in [0.15, 0.2) is 11.4 Å². The van der Waals surface area contributed by atoms with Crippen LogP contribution in [0.1, 0.15) is 22.3 Å². The van der Waals surface area contributed by atoms with Crippen LogP contribution in [0.2, 0.25) is 0 Å². The number of oxazole rings is 1. The molecule has 6 heteroatoms. The number of carbonyl (C=O) groups is 1. The molecule has 4 rings (SSSR count). The van der Waals surface area contributed by atoms with Crippen molar-refractivity contribution in [1.82, 2.24) is 4.98 Å². The van der Waals surface area contributed by atoms with Gasteiger partial charge < -0.3 is 9.15 Å². The zero-order valence-corrected chi connectivity index (χ0v) is 19.1. The minimum atomic E-state index is -0.0378. The van der Waals surface area contributed by atoms with E-state index in [0.717, 1.165) is 39.1 Å². The predicted molar refractivity (Wildman–Crippen MR) is 129 cm³/mol. The zero-order chi connectivity index (χ0) is 21.5. The van der Waals surface area contributed by atoms with Gasteiger partial charge in [0.25, 0.3) is 5.22 Å². The summed E-state index contributed by atoms with van der Waals surface area (Å²) in [7, 11) is 0. The van der Waals surface area contributed by atoms with Crippen LogP contribution in [0.25, 0.3) is 17.2 Å². The molecule has 0 aliphatic heterocycles. The number of allylic oxidation sites excluding steroid dienone is 1. The van der Waals surface area contributed by atoms with Crippen molar-refractivity contribution in [2.24, 2.45) is 0 Å². The van der Waals surface area contributed by atoms with Gasteiger partial charge in [-0.2, -0.15) is 0 Å². The van der Waals surface area contributed by atoms with E-state index >= 15 is 0 Å². The predicted octanol–water partition coefficient (Wildman–Crippen LogP) is 7.05. The van der Waals surface area contributed by atoms with E-state index in [-0.39, 0.29) is 5.78 Å². The maximum absolute atomic E-state index is 12.3. The molecule has 31 heavy (non-hydrogen) atoms. The van der Waals surface area contributed by atoms with E-state index in [2.05, 4.69) is 20.9 Å². The second-order valence-corrected chi connectivity index (χ2v) is 8.73. The molecule has 0 spiro atoms. The third kappa shape index (κ3) is 6.09. The monoisotopic (exact) mass is 493 g/mol. The van der Waals surface area contributed by atoms with Crippen LogP contribution in [0.3, 0.4) is 0 Å². The summed E-state index contributed by atoms with van der Waals surface area (Å²) in [6.45, 7) is 0.587. The van der Waals surface area contributed by atoms with Crippen molar-refractivity contribution in [2.45, 2.75) is 11.6 Å². The largest absolute Gasteiger partial charge is 0.494 e. The Morgan fingerprint density at radius 1 is 1.03 bits per heavy atom. The average Bonchev–Trinajstić information content (AvgIpc) is 3.21. The Bertz CT molecular complexity index is 1150. The average molecular weight is 494 g/mol. The highest BCUT2D eigenvalue weighted by Crippen LogP contribution is 2.23. The highest BCUT2D eigenvalue weighted by Gasteiger charge is 2.06. The van der Waals surface area contributed by atoms with Crippen molar-refractivity contribution < 1.29 is 13.9 Å². The summed E-state index contributed by atoms with van der Waals surface area (Å²) in [4.78, 5) is 16.8. The van der Waals surface area contributed by atoms with Crippen molar-refractivity contribution in [1.29, 1.82) is 0 Å². The van der Waals surface area contributed by atoms with Crippen molar-refractivity contribution in [2.75, 3.05) is 12.4 Å². The van der Waals surface area contributed by atoms with E-state index in [1.807, 2.05) is 66.7 Å². The number of aromatic nitrogens is 1. The van der Waals surface area contributed by atoms with E-state index in [1.54, 1.807) is 30.0 Å². The molecule has 0 saturated carbocycles. The van der Waals surface area contributed by atoms with Crippen LogP contribution in [0.5, 0.6) is 5.75 Å². The lowest BCUT2D eigenvalue weighted by atomic mass is 10.1. The first kappa shape index (κ1) is 21.4. The fourth-order valence-electron chi connectivity index (χ4n) is 2.88. The molecule has 4 nitrogen and oxygen atoms in total. The van der Waals surface area contributed by atoms with Crippen LogP contribution in [0, 0.1) is 0 Å². The maximum Gasteiger partial charge on any atom is 0.256 e. The minimum absolute atomic E-state index is 0.0378. The highest BCUT2D eigenvalue weighted by atomic mass is 79.9. The normalized spacial score (nSPS) is 11.3. The van der Waals surface area contributed by atoms with Gasteiger partial charge >= 0.3 is 0 Å². The second kappa shape index (κ2) is 10.5. The Morgan fingerprint density at radius 3 is 2.58 bits per heavy atom. The van der Waals surface area contributed by atoms with Crippen molar-refractivity contribution in [3.05, 3.63) is 94.5 Å². The summed E-state index contributed by atoms with van der Waals surface area (Å²) in [5, 5.41) is 0.681. The standard InChI is InChI=1S/C25H20BrNO3S/c26-20-11-6-18(7-12-20)8-15-23(28)19-9-13-21(14-10-19)29-16-3-17-31-25-27-22-4-1-2-5-24(22)30-25/h1-2,4-15H,3,16-17H2. The molecular formula is C25H20BrNO3S. The van der Waals surface area contributed by atoms with Gasteiger partial charge in [-0.1, -0.05) is 58.0 Å². The lowest BCUT2D eigenvalue weighted by Crippen LogP contribution is -2.00. The molecule has 0 radical (unpaired) electrons. The molecule has 0 aliphatic carbocycles. The number of hydrogen-bond acceptors (Lipinski definition) is 5. The number of para-hydroxylation sites is 2. The minimum Gasteiger partial charge on any atom is -0.494 e. The van der Waals surface area contributed by atoms with Gasteiger partial charge in [0.2, 0.25) is 0 Å². The molecule has 4 aromatic rings. The van der Waals surface area contributed by atoms with E-state index in [0.29, 0.717) is 17.4 Å². The molecule has 1 aromatic heterocycles. The molecule has 0 amide bonds. The number of hydrogen-bond donors (Lipinski definition) is 0. The smallest absolute Gasteiger partial charge is 0.256 e. The van der Waals surface area contributed by atoms with Gasteiger partial charge in [0.1, 0.15) is 11.3 Å². The van der Waals surface area contributed by atoms with E-state index in [1.165, 1.54) is 0 Å². The molecule has 3 aromatic carbocycles. The van der Waals surface area contributed by atoms with Crippen molar-refractivity contribution in [3.63, 3.8) is 0 Å². The molecular weight excluding hydrogens is 474 g/mol. The Kier molecular flexibility index (Phi) is 7.22. The Balaban J connectivity index is 1.21. The summed E-state index contributed by atoms with van der Waals surface area (Å²) >= 11 is 4.98. The molecule has 0 saturated heterocycles. The number of benzene rings is 3. The number of thioether (sulfide) groups is 1. The number of nitrogens with zero attached hydrogens (tertiary/aromatic N) is 1. The van der Waals surface area contributed by atoms with Crippen molar-refractivity contribution >= 4 is 50.7 Å². The Morgan fingerprint density at radius 2 is 1.81 bits per heavy atom. The first-order valence-electron chi connectivity index (χ1n) is 9.86. The zero-order valence-electron chi connectivity index (χ0n) is 16.7. The molecule has 0 aliphatic rings. The highest BCUT2D eigenvalue weighted by molar-refractivity contribution is 9.10. The number of rotatable bonds is 9. The molecule has 0 atom stereocenters.